The topological polar surface area (TPSA) is 76.4 Å². The minimum Gasteiger partial charge on any atom is -0.370 e. The highest BCUT2D eigenvalue weighted by Gasteiger charge is 2.19. The van der Waals surface area contributed by atoms with E-state index in [0.29, 0.717) is 12.1 Å². The van der Waals surface area contributed by atoms with Gasteiger partial charge in [-0.15, -0.1) is 0 Å². The highest BCUT2D eigenvalue weighted by Crippen LogP contribution is 2.20. The molecule has 0 heterocycles. The number of hydrogen-bond acceptors (Lipinski definition) is 2. The van der Waals surface area contributed by atoms with Gasteiger partial charge in [0, 0.05) is 6.04 Å². The molecule has 1 aliphatic carbocycles. The molecule has 1 aliphatic rings. The van der Waals surface area contributed by atoms with Crippen LogP contribution in [-0.4, -0.2) is 25.1 Å². The van der Waals surface area contributed by atoms with Crippen LogP contribution >= 0.6 is 0 Å². The zero-order chi connectivity index (χ0) is 8.97. The van der Waals surface area contributed by atoms with Gasteiger partial charge in [0.25, 0.3) is 0 Å². The Hall–Kier alpha value is -0.770. The Morgan fingerprint density at radius 3 is 2.75 bits per heavy atom. The van der Waals surface area contributed by atoms with Crippen LogP contribution in [0.5, 0.6) is 0 Å². The maximum atomic E-state index is 5.32. The first kappa shape index (κ1) is 9.32. The Bertz CT molecular complexity index is 162. The van der Waals surface area contributed by atoms with E-state index >= 15 is 0 Å². The van der Waals surface area contributed by atoms with Crippen LogP contribution < -0.4 is 16.8 Å². The number of guanidine groups is 1. The summed E-state index contributed by atoms with van der Waals surface area (Å²) in [5, 5.41) is 3.26. The summed E-state index contributed by atoms with van der Waals surface area (Å²) in [5.41, 5.74) is 10.6. The smallest absolute Gasteiger partial charge is 0.186 e. The Labute approximate surface area is 73.4 Å². The number of aliphatic imine (C=N–C) groups is 1. The predicted molar refractivity (Wildman–Crippen MR) is 50.9 cm³/mol. The molecule has 12 heavy (non-hydrogen) atoms. The van der Waals surface area contributed by atoms with Gasteiger partial charge in [-0.2, -0.15) is 0 Å². The lowest BCUT2D eigenvalue weighted by Crippen LogP contribution is -2.35. The van der Waals surface area contributed by atoms with Crippen molar-refractivity contribution in [1.82, 2.24) is 5.32 Å². The highest BCUT2D eigenvalue weighted by atomic mass is 15.0. The lowest BCUT2D eigenvalue weighted by atomic mass is 9.91. The van der Waals surface area contributed by atoms with Crippen molar-refractivity contribution in [3.05, 3.63) is 0 Å². The van der Waals surface area contributed by atoms with Crippen LogP contribution in [0.25, 0.3) is 0 Å². The first-order valence-corrected chi connectivity index (χ1v) is 4.48. The molecule has 0 aromatic carbocycles. The summed E-state index contributed by atoms with van der Waals surface area (Å²) in [4.78, 5) is 4.17. The Morgan fingerprint density at radius 2 is 2.17 bits per heavy atom. The average Bonchev–Trinajstić information content (AvgIpc) is 2.03. The van der Waals surface area contributed by atoms with E-state index in [2.05, 4.69) is 10.3 Å². The summed E-state index contributed by atoms with van der Waals surface area (Å²) in [6.07, 6.45) is 4.64. The molecular weight excluding hydrogens is 152 g/mol. The SMILES string of the molecule is CNC1CCCC(N=C(N)N)C1. The van der Waals surface area contributed by atoms with Crippen LogP contribution in [0, 0.1) is 0 Å². The summed E-state index contributed by atoms with van der Waals surface area (Å²) in [6, 6.07) is 0.924. The number of nitrogens with one attached hydrogen (secondary N) is 1. The maximum absolute atomic E-state index is 5.32. The molecule has 70 valence electrons. The zero-order valence-electron chi connectivity index (χ0n) is 7.59. The molecule has 0 radical (unpaired) electrons. The predicted octanol–water partition coefficient (Wildman–Crippen LogP) is -0.210. The lowest BCUT2D eigenvalue weighted by Gasteiger charge is -2.26. The van der Waals surface area contributed by atoms with Crippen LogP contribution in [-0.2, 0) is 0 Å². The summed E-state index contributed by atoms with van der Waals surface area (Å²) in [5.74, 6) is 0.219. The van der Waals surface area contributed by atoms with Crippen molar-refractivity contribution in [2.24, 2.45) is 16.5 Å². The second-order valence-corrected chi connectivity index (χ2v) is 3.36. The third-order valence-corrected chi connectivity index (χ3v) is 2.39. The lowest BCUT2D eigenvalue weighted by molar-refractivity contribution is 0.356. The van der Waals surface area contributed by atoms with Crippen LogP contribution in [0.4, 0.5) is 0 Å². The van der Waals surface area contributed by atoms with Crippen molar-refractivity contribution >= 4 is 5.96 Å². The molecule has 2 unspecified atom stereocenters. The van der Waals surface area contributed by atoms with E-state index in [4.69, 9.17) is 11.5 Å². The zero-order valence-corrected chi connectivity index (χ0v) is 7.59. The average molecular weight is 170 g/mol. The van der Waals surface area contributed by atoms with E-state index in [9.17, 15) is 0 Å². The van der Waals surface area contributed by atoms with Gasteiger partial charge in [-0.05, 0) is 32.7 Å². The van der Waals surface area contributed by atoms with Crippen LogP contribution in [0.3, 0.4) is 0 Å². The molecule has 4 nitrogen and oxygen atoms in total. The van der Waals surface area contributed by atoms with Gasteiger partial charge in [-0.3, -0.25) is 4.99 Å². The molecule has 0 amide bonds. The molecule has 1 rings (SSSR count). The van der Waals surface area contributed by atoms with E-state index < -0.39 is 0 Å². The monoisotopic (exact) mass is 170 g/mol. The van der Waals surface area contributed by atoms with E-state index in [-0.39, 0.29) is 5.96 Å². The summed E-state index contributed by atoms with van der Waals surface area (Å²) >= 11 is 0. The van der Waals surface area contributed by atoms with Gasteiger partial charge < -0.3 is 16.8 Å². The molecule has 2 atom stereocenters. The van der Waals surface area contributed by atoms with Gasteiger partial charge in [0.05, 0.1) is 6.04 Å². The molecule has 4 heteroatoms. The second-order valence-electron chi connectivity index (χ2n) is 3.36. The van der Waals surface area contributed by atoms with Crippen molar-refractivity contribution < 1.29 is 0 Å². The number of nitrogens with two attached hydrogens (primary N) is 2. The third-order valence-electron chi connectivity index (χ3n) is 2.39. The Morgan fingerprint density at radius 1 is 1.42 bits per heavy atom. The molecule has 0 aromatic rings. The van der Waals surface area contributed by atoms with Crippen molar-refractivity contribution in [3.63, 3.8) is 0 Å². The Kier molecular flexibility index (Phi) is 3.34. The molecule has 1 fully saturated rings. The van der Waals surface area contributed by atoms with Crippen molar-refractivity contribution in [2.75, 3.05) is 7.05 Å². The third kappa shape index (κ3) is 2.70. The summed E-state index contributed by atoms with van der Waals surface area (Å²) < 4.78 is 0. The molecule has 0 spiro atoms. The second kappa shape index (κ2) is 4.30. The van der Waals surface area contributed by atoms with E-state index in [1.165, 1.54) is 12.8 Å². The van der Waals surface area contributed by atoms with Crippen LogP contribution in [0.2, 0.25) is 0 Å². The van der Waals surface area contributed by atoms with Gasteiger partial charge in [0.1, 0.15) is 0 Å². The number of nitrogens with zero attached hydrogens (tertiary/aromatic N) is 1. The first-order valence-electron chi connectivity index (χ1n) is 4.48. The fraction of sp³-hybridized carbons (Fsp3) is 0.875. The molecule has 0 aromatic heterocycles. The minimum atomic E-state index is 0.219. The number of rotatable bonds is 2. The van der Waals surface area contributed by atoms with Gasteiger partial charge in [0.2, 0.25) is 0 Å². The number of hydrogen-bond donors (Lipinski definition) is 3. The van der Waals surface area contributed by atoms with E-state index in [0.717, 1.165) is 12.8 Å². The van der Waals surface area contributed by atoms with Crippen molar-refractivity contribution in [2.45, 2.75) is 37.8 Å². The quantitative estimate of drug-likeness (QED) is 0.396. The molecular formula is C8H18N4. The summed E-state index contributed by atoms with van der Waals surface area (Å²) in [7, 11) is 1.99. The molecule has 0 saturated heterocycles. The van der Waals surface area contributed by atoms with Crippen LogP contribution in [0.1, 0.15) is 25.7 Å². The van der Waals surface area contributed by atoms with Crippen molar-refractivity contribution in [3.8, 4) is 0 Å². The maximum Gasteiger partial charge on any atom is 0.186 e. The van der Waals surface area contributed by atoms with Crippen LogP contribution in [0.15, 0.2) is 4.99 Å². The fourth-order valence-corrected chi connectivity index (χ4v) is 1.75. The minimum absolute atomic E-state index is 0.219. The molecule has 1 saturated carbocycles. The van der Waals surface area contributed by atoms with Gasteiger partial charge in [-0.25, -0.2) is 0 Å². The molecule has 5 N–H and O–H groups in total. The summed E-state index contributed by atoms with van der Waals surface area (Å²) in [6.45, 7) is 0. The highest BCUT2D eigenvalue weighted by molar-refractivity contribution is 5.75. The van der Waals surface area contributed by atoms with E-state index in [1.807, 2.05) is 7.05 Å². The van der Waals surface area contributed by atoms with Crippen molar-refractivity contribution in [1.29, 1.82) is 0 Å². The first-order chi connectivity index (χ1) is 5.72. The fourth-order valence-electron chi connectivity index (χ4n) is 1.75. The van der Waals surface area contributed by atoms with Gasteiger partial charge in [-0.1, -0.05) is 0 Å². The normalized spacial score (nSPS) is 29.8. The molecule has 0 bridgehead atoms. The van der Waals surface area contributed by atoms with Gasteiger partial charge in [0.15, 0.2) is 5.96 Å². The Balaban J connectivity index is 2.40. The van der Waals surface area contributed by atoms with Gasteiger partial charge >= 0.3 is 0 Å². The molecule has 0 aliphatic heterocycles. The van der Waals surface area contributed by atoms with E-state index in [1.54, 1.807) is 0 Å². The standard InChI is InChI=1S/C8H18N4/c1-11-6-3-2-4-7(5-6)12-8(9)10/h6-7,11H,2-5H2,1H3,(H4,9,10,12). The largest absolute Gasteiger partial charge is 0.370 e.